The van der Waals surface area contributed by atoms with Crippen LogP contribution in [-0.4, -0.2) is 67.5 Å². The number of fused-ring (bicyclic) bond motifs is 1. The Morgan fingerprint density at radius 3 is 2.24 bits per heavy atom. The van der Waals surface area contributed by atoms with E-state index in [0.29, 0.717) is 43.4 Å². The Morgan fingerprint density at radius 1 is 0.853 bits per heavy atom. The molecule has 0 spiro atoms. The van der Waals surface area contributed by atoms with Gasteiger partial charge >= 0.3 is 0 Å². The third kappa shape index (κ3) is 3.95. The van der Waals surface area contributed by atoms with Crippen molar-refractivity contribution in [2.24, 2.45) is 0 Å². The molecule has 2 aromatic carbocycles. The Morgan fingerprint density at radius 2 is 1.53 bits per heavy atom. The van der Waals surface area contributed by atoms with Crippen LogP contribution in [0.4, 0.5) is 0 Å². The van der Waals surface area contributed by atoms with Crippen LogP contribution in [0.2, 0.25) is 0 Å². The van der Waals surface area contributed by atoms with Gasteiger partial charge < -0.3 is 18.9 Å². The smallest absolute Gasteiger partial charge is 0.255 e. The molecule has 1 saturated heterocycles. The molecular weight excluding hydrogens is 454 g/mol. The van der Waals surface area contributed by atoms with Crippen LogP contribution in [-0.2, 0) is 10.0 Å². The van der Waals surface area contributed by atoms with E-state index in [-0.39, 0.29) is 23.9 Å². The minimum atomic E-state index is -3.70. The Hall–Kier alpha value is -3.30. The van der Waals surface area contributed by atoms with E-state index in [9.17, 15) is 13.2 Å². The molecule has 178 valence electrons. The van der Waals surface area contributed by atoms with Gasteiger partial charge in [-0.15, -0.1) is 0 Å². The summed E-state index contributed by atoms with van der Waals surface area (Å²) in [4.78, 5) is 15.2. The van der Waals surface area contributed by atoms with Gasteiger partial charge in [0, 0.05) is 49.3 Å². The maximum absolute atomic E-state index is 13.3. The van der Waals surface area contributed by atoms with Crippen molar-refractivity contribution < 1.29 is 22.7 Å². The molecule has 3 heterocycles. The Labute approximate surface area is 199 Å². The fourth-order valence-electron chi connectivity index (χ4n) is 4.59. The number of para-hydroxylation sites is 1. The first kappa shape index (κ1) is 22.5. The van der Waals surface area contributed by atoms with Gasteiger partial charge in [-0.3, -0.25) is 4.79 Å². The highest BCUT2D eigenvalue weighted by molar-refractivity contribution is 7.89. The molecule has 8 nitrogen and oxygen atoms in total. The van der Waals surface area contributed by atoms with Gasteiger partial charge in [-0.1, -0.05) is 18.2 Å². The normalized spacial score (nSPS) is 16.5. The van der Waals surface area contributed by atoms with Crippen LogP contribution in [0.25, 0.3) is 5.69 Å². The Kier molecular flexibility index (Phi) is 5.83. The number of carbonyl (C=O) groups is 1. The minimum absolute atomic E-state index is 0.0772. The second-order valence-corrected chi connectivity index (χ2v) is 10.4. The summed E-state index contributed by atoms with van der Waals surface area (Å²) in [5.74, 6) is 0.912. The van der Waals surface area contributed by atoms with E-state index in [1.54, 1.807) is 17.0 Å². The summed E-state index contributed by atoms with van der Waals surface area (Å²) < 4.78 is 40.9. The number of ether oxygens (including phenoxy) is 2. The lowest BCUT2D eigenvalue weighted by atomic mass is 10.2. The fraction of sp³-hybridized carbons (Fsp3) is 0.320. The van der Waals surface area contributed by atoms with Crippen molar-refractivity contribution in [3.05, 3.63) is 71.5 Å². The standard InChI is InChI=1S/C25H27N3O5S/c1-18-16-22(19(2)28(18)20-6-4-3-5-7-20)25(29)26-10-12-27(13-11-26)34(30,31)21-8-9-23-24(17-21)33-15-14-32-23/h3-9,16-17H,10-15H2,1-2H3. The average molecular weight is 482 g/mol. The predicted octanol–water partition coefficient (Wildman–Crippen LogP) is 3.01. The molecule has 0 saturated carbocycles. The van der Waals surface area contributed by atoms with Crippen LogP contribution in [0, 0.1) is 13.8 Å². The summed E-state index contributed by atoms with van der Waals surface area (Å²) in [5, 5.41) is 0. The number of benzene rings is 2. The third-order valence-corrected chi connectivity index (χ3v) is 8.25. The lowest BCUT2D eigenvalue weighted by Crippen LogP contribution is -2.50. The highest BCUT2D eigenvalue weighted by atomic mass is 32.2. The zero-order valence-electron chi connectivity index (χ0n) is 19.2. The fourth-order valence-corrected chi connectivity index (χ4v) is 6.03. The van der Waals surface area contributed by atoms with Crippen molar-refractivity contribution in [1.82, 2.24) is 13.8 Å². The first-order valence-corrected chi connectivity index (χ1v) is 12.7. The maximum Gasteiger partial charge on any atom is 0.255 e. The molecule has 1 fully saturated rings. The monoisotopic (exact) mass is 481 g/mol. The zero-order chi connectivity index (χ0) is 23.9. The molecule has 34 heavy (non-hydrogen) atoms. The number of hydrogen-bond donors (Lipinski definition) is 0. The number of carbonyl (C=O) groups excluding carboxylic acids is 1. The molecule has 0 unspecified atom stereocenters. The lowest BCUT2D eigenvalue weighted by Gasteiger charge is -2.34. The summed E-state index contributed by atoms with van der Waals surface area (Å²) >= 11 is 0. The maximum atomic E-state index is 13.3. The van der Waals surface area contributed by atoms with Crippen molar-refractivity contribution in [1.29, 1.82) is 0 Å². The molecule has 9 heteroatoms. The second-order valence-electron chi connectivity index (χ2n) is 8.46. The summed E-state index contributed by atoms with van der Waals surface area (Å²) in [6, 6.07) is 16.5. The number of nitrogens with zero attached hydrogens (tertiary/aromatic N) is 3. The molecule has 0 aliphatic carbocycles. The predicted molar refractivity (Wildman–Crippen MR) is 127 cm³/mol. The zero-order valence-corrected chi connectivity index (χ0v) is 20.0. The van der Waals surface area contributed by atoms with E-state index in [2.05, 4.69) is 4.57 Å². The summed E-state index contributed by atoms with van der Waals surface area (Å²) in [6.07, 6.45) is 0. The van der Waals surface area contributed by atoms with E-state index in [4.69, 9.17) is 9.47 Å². The first-order chi connectivity index (χ1) is 16.4. The number of rotatable bonds is 4. The third-order valence-electron chi connectivity index (χ3n) is 6.35. The van der Waals surface area contributed by atoms with Crippen molar-refractivity contribution in [3.8, 4) is 17.2 Å². The molecule has 3 aromatic rings. The van der Waals surface area contributed by atoms with Gasteiger partial charge in [0.2, 0.25) is 10.0 Å². The minimum Gasteiger partial charge on any atom is -0.486 e. The average Bonchev–Trinajstić information content (AvgIpc) is 3.17. The Balaban J connectivity index is 1.31. The van der Waals surface area contributed by atoms with Gasteiger partial charge in [0.25, 0.3) is 5.91 Å². The number of sulfonamides is 1. The van der Waals surface area contributed by atoms with E-state index in [1.165, 1.54) is 10.4 Å². The molecule has 1 aromatic heterocycles. The molecule has 2 aliphatic rings. The van der Waals surface area contributed by atoms with E-state index in [0.717, 1.165) is 17.1 Å². The van der Waals surface area contributed by atoms with E-state index in [1.807, 2.05) is 50.2 Å². The number of aromatic nitrogens is 1. The topological polar surface area (TPSA) is 81.1 Å². The van der Waals surface area contributed by atoms with Crippen LogP contribution >= 0.6 is 0 Å². The molecule has 2 aliphatic heterocycles. The quantitative estimate of drug-likeness (QED) is 0.572. The number of amides is 1. The molecule has 0 N–H and O–H groups in total. The van der Waals surface area contributed by atoms with E-state index < -0.39 is 10.0 Å². The summed E-state index contributed by atoms with van der Waals surface area (Å²) in [5.41, 5.74) is 3.50. The van der Waals surface area contributed by atoms with Gasteiger partial charge in [0.15, 0.2) is 11.5 Å². The van der Waals surface area contributed by atoms with Crippen molar-refractivity contribution >= 4 is 15.9 Å². The lowest BCUT2D eigenvalue weighted by molar-refractivity contribution is 0.0697. The molecule has 1 amide bonds. The van der Waals surface area contributed by atoms with Crippen LogP contribution in [0.15, 0.2) is 59.5 Å². The molecule has 5 rings (SSSR count). The molecule has 0 radical (unpaired) electrons. The number of aryl methyl sites for hydroxylation is 1. The van der Waals surface area contributed by atoms with E-state index >= 15 is 0 Å². The number of piperazine rings is 1. The SMILES string of the molecule is Cc1cc(C(=O)N2CCN(S(=O)(=O)c3ccc4c(c3)OCCO4)CC2)c(C)n1-c1ccccc1. The number of hydrogen-bond acceptors (Lipinski definition) is 5. The van der Waals surface area contributed by atoms with Gasteiger partial charge in [0.1, 0.15) is 13.2 Å². The Bertz CT molecular complexity index is 1330. The van der Waals surface area contributed by atoms with Crippen LogP contribution in [0.3, 0.4) is 0 Å². The molecule has 0 bridgehead atoms. The molecule has 0 atom stereocenters. The van der Waals surface area contributed by atoms with Crippen molar-refractivity contribution in [2.45, 2.75) is 18.7 Å². The van der Waals surface area contributed by atoms with Gasteiger partial charge in [0.05, 0.1) is 10.5 Å². The van der Waals surface area contributed by atoms with Gasteiger partial charge in [-0.05, 0) is 44.2 Å². The first-order valence-electron chi connectivity index (χ1n) is 11.3. The highest BCUT2D eigenvalue weighted by Crippen LogP contribution is 2.33. The van der Waals surface area contributed by atoms with Crippen molar-refractivity contribution in [2.75, 3.05) is 39.4 Å². The van der Waals surface area contributed by atoms with Gasteiger partial charge in [-0.2, -0.15) is 4.31 Å². The highest BCUT2D eigenvalue weighted by Gasteiger charge is 2.32. The largest absolute Gasteiger partial charge is 0.486 e. The van der Waals surface area contributed by atoms with Crippen molar-refractivity contribution in [3.63, 3.8) is 0 Å². The molecular formula is C25H27N3O5S. The summed E-state index contributed by atoms with van der Waals surface area (Å²) in [6.45, 7) is 5.89. The van der Waals surface area contributed by atoms with Crippen LogP contribution in [0.1, 0.15) is 21.7 Å². The van der Waals surface area contributed by atoms with Crippen LogP contribution in [0.5, 0.6) is 11.5 Å². The second kappa shape index (κ2) is 8.81. The van der Waals surface area contributed by atoms with Crippen LogP contribution < -0.4 is 9.47 Å². The van der Waals surface area contributed by atoms with Gasteiger partial charge in [-0.25, -0.2) is 8.42 Å². The summed E-state index contributed by atoms with van der Waals surface area (Å²) in [7, 11) is -3.70.